The molecule has 148 valence electrons. The van der Waals surface area contributed by atoms with Crippen LogP contribution in [0.2, 0.25) is 0 Å². The molecule has 3 aromatic rings. The van der Waals surface area contributed by atoms with Crippen molar-refractivity contribution in [1.82, 2.24) is 5.32 Å². The number of benzene rings is 3. The van der Waals surface area contributed by atoms with Crippen molar-refractivity contribution in [2.24, 2.45) is 0 Å². The van der Waals surface area contributed by atoms with E-state index < -0.39 is 0 Å². The maximum absolute atomic E-state index is 12.7. The van der Waals surface area contributed by atoms with Crippen molar-refractivity contribution in [3.8, 4) is 11.5 Å². The summed E-state index contributed by atoms with van der Waals surface area (Å²) in [7, 11) is 3.13. The van der Waals surface area contributed by atoms with Gasteiger partial charge in [-0.2, -0.15) is 0 Å². The number of amides is 2. The van der Waals surface area contributed by atoms with Gasteiger partial charge in [0.25, 0.3) is 11.8 Å². The third-order valence-corrected chi connectivity index (χ3v) is 4.36. The van der Waals surface area contributed by atoms with Gasteiger partial charge in [-0.25, -0.2) is 0 Å². The van der Waals surface area contributed by atoms with Crippen LogP contribution in [-0.2, 0) is 6.54 Å². The highest BCUT2D eigenvalue weighted by atomic mass is 16.5. The molecule has 3 rings (SSSR count). The van der Waals surface area contributed by atoms with Gasteiger partial charge < -0.3 is 20.1 Å². The molecule has 2 N–H and O–H groups in total. The molecule has 29 heavy (non-hydrogen) atoms. The summed E-state index contributed by atoms with van der Waals surface area (Å²) in [6, 6.07) is 21.2. The Labute approximate surface area is 169 Å². The number of anilines is 1. The number of para-hydroxylation sites is 1. The van der Waals surface area contributed by atoms with Crippen LogP contribution in [0.4, 0.5) is 5.69 Å². The number of hydrogen-bond acceptors (Lipinski definition) is 4. The summed E-state index contributed by atoms with van der Waals surface area (Å²) in [6.07, 6.45) is 0. The summed E-state index contributed by atoms with van der Waals surface area (Å²) in [5.41, 5.74) is 2.22. The van der Waals surface area contributed by atoms with Crippen LogP contribution in [0.1, 0.15) is 26.3 Å². The van der Waals surface area contributed by atoms with E-state index in [1.165, 1.54) is 0 Å². The van der Waals surface area contributed by atoms with E-state index in [1.807, 2.05) is 18.2 Å². The van der Waals surface area contributed by atoms with Crippen LogP contribution < -0.4 is 20.1 Å². The zero-order valence-electron chi connectivity index (χ0n) is 16.3. The maximum atomic E-state index is 12.7. The van der Waals surface area contributed by atoms with Crippen molar-refractivity contribution in [2.45, 2.75) is 6.54 Å². The molecule has 0 spiro atoms. The third-order valence-electron chi connectivity index (χ3n) is 4.36. The molecule has 0 saturated heterocycles. The summed E-state index contributed by atoms with van der Waals surface area (Å²) < 4.78 is 10.5. The van der Waals surface area contributed by atoms with Crippen molar-refractivity contribution in [2.75, 3.05) is 19.5 Å². The van der Waals surface area contributed by atoms with Crippen molar-refractivity contribution in [3.63, 3.8) is 0 Å². The Balaban J connectivity index is 1.71. The first-order valence-electron chi connectivity index (χ1n) is 9.07. The van der Waals surface area contributed by atoms with Crippen molar-refractivity contribution < 1.29 is 19.1 Å². The average molecular weight is 390 g/mol. The predicted octanol–water partition coefficient (Wildman–Crippen LogP) is 3.89. The monoisotopic (exact) mass is 390 g/mol. The minimum atomic E-state index is -0.288. The molecule has 0 aliphatic rings. The minimum Gasteiger partial charge on any atom is -0.493 e. The molecule has 0 saturated carbocycles. The Hall–Kier alpha value is -3.80. The summed E-state index contributed by atoms with van der Waals surface area (Å²) >= 11 is 0. The molecule has 0 aromatic heterocycles. The van der Waals surface area contributed by atoms with E-state index in [0.717, 1.165) is 5.56 Å². The summed E-state index contributed by atoms with van der Waals surface area (Å²) in [6.45, 7) is 0.306. The number of nitrogens with one attached hydrogen (secondary N) is 2. The number of ether oxygens (including phenoxy) is 2. The van der Waals surface area contributed by atoms with E-state index in [4.69, 9.17) is 9.47 Å². The van der Waals surface area contributed by atoms with Gasteiger partial charge in [0.2, 0.25) is 0 Å². The predicted molar refractivity (Wildman–Crippen MR) is 112 cm³/mol. The fraction of sp³-hybridized carbons (Fsp3) is 0.130. The van der Waals surface area contributed by atoms with Crippen LogP contribution in [-0.4, -0.2) is 26.0 Å². The summed E-state index contributed by atoms with van der Waals surface area (Å²) in [5.74, 6) is 0.654. The van der Waals surface area contributed by atoms with Gasteiger partial charge >= 0.3 is 0 Å². The highest BCUT2D eigenvalue weighted by molar-refractivity contribution is 6.08. The summed E-state index contributed by atoms with van der Waals surface area (Å²) in [4.78, 5) is 25.1. The molecule has 6 heteroatoms. The fourth-order valence-electron chi connectivity index (χ4n) is 2.84. The van der Waals surface area contributed by atoms with Crippen LogP contribution in [0.3, 0.4) is 0 Å². The van der Waals surface area contributed by atoms with E-state index in [-0.39, 0.29) is 11.8 Å². The Morgan fingerprint density at radius 2 is 1.48 bits per heavy atom. The second-order valence-corrected chi connectivity index (χ2v) is 6.24. The van der Waals surface area contributed by atoms with Gasteiger partial charge in [0.05, 0.1) is 25.5 Å². The average Bonchev–Trinajstić information content (AvgIpc) is 2.78. The van der Waals surface area contributed by atoms with Gasteiger partial charge in [-0.05, 0) is 42.0 Å². The Morgan fingerprint density at radius 1 is 0.793 bits per heavy atom. The Morgan fingerprint density at radius 3 is 2.21 bits per heavy atom. The van der Waals surface area contributed by atoms with E-state index >= 15 is 0 Å². The van der Waals surface area contributed by atoms with Crippen molar-refractivity contribution in [3.05, 3.63) is 89.5 Å². The smallest absolute Gasteiger partial charge is 0.255 e. The van der Waals surface area contributed by atoms with Crippen LogP contribution >= 0.6 is 0 Å². The van der Waals surface area contributed by atoms with Crippen LogP contribution in [0, 0.1) is 0 Å². The SMILES string of the molecule is COc1ccc(CNC(=O)c2ccccc2NC(=O)c2ccccc2)cc1OC. The lowest BCUT2D eigenvalue weighted by Gasteiger charge is -2.13. The molecule has 0 aliphatic carbocycles. The number of carbonyl (C=O) groups is 2. The molecule has 0 fully saturated rings. The largest absolute Gasteiger partial charge is 0.493 e. The van der Waals surface area contributed by atoms with Gasteiger partial charge in [0, 0.05) is 12.1 Å². The normalized spacial score (nSPS) is 10.1. The molecule has 0 heterocycles. The number of carbonyl (C=O) groups excluding carboxylic acids is 2. The first kappa shape index (κ1) is 19.9. The fourth-order valence-corrected chi connectivity index (χ4v) is 2.84. The lowest BCUT2D eigenvalue weighted by Crippen LogP contribution is -2.25. The summed E-state index contributed by atoms with van der Waals surface area (Å²) in [5, 5.41) is 5.67. The number of methoxy groups -OCH3 is 2. The van der Waals surface area contributed by atoms with E-state index in [0.29, 0.717) is 34.9 Å². The van der Waals surface area contributed by atoms with Crippen molar-refractivity contribution in [1.29, 1.82) is 0 Å². The minimum absolute atomic E-state index is 0.272. The lowest BCUT2D eigenvalue weighted by molar-refractivity contribution is 0.0951. The van der Waals surface area contributed by atoms with Crippen molar-refractivity contribution >= 4 is 17.5 Å². The highest BCUT2D eigenvalue weighted by Crippen LogP contribution is 2.27. The number of rotatable bonds is 7. The quantitative estimate of drug-likeness (QED) is 0.642. The van der Waals surface area contributed by atoms with Crippen LogP contribution in [0.25, 0.3) is 0 Å². The standard InChI is InChI=1S/C23H22N2O4/c1-28-20-13-12-16(14-21(20)29-2)15-24-23(27)18-10-6-7-11-19(18)25-22(26)17-8-4-3-5-9-17/h3-14H,15H2,1-2H3,(H,24,27)(H,25,26). The Bertz CT molecular complexity index is 1000. The molecule has 6 nitrogen and oxygen atoms in total. The van der Waals surface area contributed by atoms with E-state index in [2.05, 4.69) is 10.6 Å². The van der Waals surface area contributed by atoms with Crippen LogP contribution in [0.15, 0.2) is 72.8 Å². The second kappa shape index (κ2) is 9.41. The molecule has 0 aliphatic heterocycles. The first-order valence-corrected chi connectivity index (χ1v) is 9.07. The molecule has 0 bridgehead atoms. The molecule has 0 atom stereocenters. The maximum Gasteiger partial charge on any atom is 0.255 e. The van der Waals surface area contributed by atoms with E-state index in [9.17, 15) is 9.59 Å². The molecule has 0 radical (unpaired) electrons. The molecular weight excluding hydrogens is 368 g/mol. The zero-order valence-corrected chi connectivity index (χ0v) is 16.3. The highest BCUT2D eigenvalue weighted by Gasteiger charge is 2.14. The van der Waals surface area contributed by atoms with E-state index in [1.54, 1.807) is 68.8 Å². The van der Waals surface area contributed by atoms with Gasteiger partial charge in [0.1, 0.15) is 0 Å². The zero-order chi connectivity index (χ0) is 20.6. The Kier molecular flexibility index (Phi) is 6.47. The van der Waals surface area contributed by atoms with Gasteiger partial charge in [-0.3, -0.25) is 9.59 Å². The molecular formula is C23H22N2O4. The van der Waals surface area contributed by atoms with Gasteiger partial charge in [-0.15, -0.1) is 0 Å². The third kappa shape index (κ3) is 4.93. The molecule has 0 unspecified atom stereocenters. The molecule has 2 amide bonds. The lowest BCUT2D eigenvalue weighted by atomic mass is 10.1. The molecule has 3 aromatic carbocycles. The van der Waals surface area contributed by atoms with Crippen LogP contribution in [0.5, 0.6) is 11.5 Å². The first-order chi connectivity index (χ1) is 14.1. The van der Waals surface area contributed by atoms with Gasteiger partial charge in [0.15, 0.2) is 11.5 Å². The number of hydrogen-bond donors (Lipinski definition) is 2. The topological polar surface area (TPSA) is 76.7 Å². The van der Waals surface area contributed by atoms with Gasteiger partial charge in [-0.1, -0.05) is 36.4 Å². The second-order valence-electron chi connectivity index (χ2n) is 6.24.